The molecule has 3 nitrogen and oxygen atoms in total. The van der Waals surface area contributed by atoms with E-state index < -0.39 is 0 Å². The number of pyridine rings is 1. The van der Waals surface area contributed by atoms with Crippen LogP contribution in [0.3, 0.4) is 0 Å². The first-order chi connectivity index (χ1) is 9.89. The average molecular weight is 308 g/mol. The molecule has 0 bridgehead atoms. The number of halogens is 1. The number of rotatable bonds is 5. The van der Waals surface area contributed by atoms with Crippen LogP contribution in [0.4, 0.5) is 0 Å². The Balaban J connectivity index is 2.08. The molecule has 0 aliphatic rings. The first-order valence-electron chi connectivity index (χ1n) is 7.10. The van der Waals surface area contributed by atoms with Crippen molar-refractivity contribution in [2.24, 2.45) is 5.41 Å². The third-order valence-electron chi connectivity index (χ3n) is 3.30. The second kappa shape index (κ2) is 6.63. The summed E-state index contributed by atoms with van der Waals surface area (Å²) >= 11 is 6.24. The maximum absolute atomic E-state index is 6.24. The van der Waals surface area contributed by atoms with Crippen LogP contribution in [0.15, 0.2) is 24.3 Å². The lowest BCUT2D eigenvalue weighted by molar-refractivity contribution is 0.0962. The SMILES string of the molecule is COc1ccc2cc(COCCC(C)(C)C)c(Cl)nc2c1. The highest BCUT2D eigenvalue weighted by atomic mass is 35.5. The molecule has 0 saturated heterocycles. The molecule has 114 valence electrons. The number of hydrogen-bond donors (Lipinski definition) is 0. The molecule has 1 heterocycles. The number of benzene rings is 1. The molecule has 0 aliphatic carbocycles. The summed E-state index contributed by atoms with van der Waals surface area (Å²) in [5.41, 5.74) is 2.03. The molecule has 21 heavy (non-hydrogen) atoms. The number of hydrogen-bond acceptors (Lipinski definition) is 3. The van der Waals surface area contributed by atoms with Crippen molar-refractivity contribution in [1.82, 2.24) is 4.98 Å². The van der Waals surface area contributed by atoms with Gasteiger partial charge in [0.15, 0.2) is 0 Å². The third-order valence-corrected chi connectivity index (χ3v) is 3.63. The molecule has 2 rings (SSSR count). The highest BCUT2D eigenvalue weighted by Crippen LogP contribution is 2.25. The zero-order valence-electron chi connectivity index (χ0n) is 13.1. The van der Waals surface area contributed by atoms with Crippen molar-refractivity contribution in [3.8, 4) is 5.75 Å². The number of nitrogens with zero attached hydrogens (tertiary/aromatic N) is 1. The Morgan fingerprint density at radius 1 is 1.19 bits per heavy atom. The molecule has 0 radical (unpaired) electrons. The second-order valence-corrected chi connectivity index (χ2v) is 6.72. The van der Waals surface area contributed by atoms with Crippen LogP contribution < -0.4 is 4.74 Å². The number of fused-ring (bicyclic) bond motifs is 1. The highest BCUT2D eigenvalue weighted by molar-refractivity contribution is 6.30. The van der Waals surface area contributed by atoms with E-state index in [-0.39, 0.29) is 5.41 Å². The van der Waals surface area contributed by atoms with E-state index >= 15 is 0 Å². The summed E-state index contributed by atoms with van der Waals surface area (Å²) in [6.45, 7) is 7.82. The van der Waals surface area contributed by atoms with Crippen molar-refractivity contribution in [3.05, 3.63) is 35.0 Å². The van der Waals surface area contributed by atoms with Crippen LogP contribution in [0, 0.1) is 5.41 Å². The molecule has 0 aliphatic heterocycles. The molecule has 0 spiro atoms. The summed E-state index contributed by atoms with van der Waals surface area (Å²) in [4.78, 5) is 4.42. The van der Waals surface area contributed by atoms with Crippen LogP contribution in [0.5, 0.6) is 5.75 Å². The largest absolute Gasteiger partial charge is 0.497 e. The smallest absolute Gasteiger partial charge is 0.135 e. The van der Waals surface area contributed by atoms with Gasteiger partial charge in [0.05, 0.1) is 19.2 Å². The topological polar surface area (TPSA) is 31.4 Å². The van der Waals surface area contributed by atoms with Crippen LogP contribution in [-0.2, 0) is 11.3 Å². The molecule has 1 aromatic heterocycles. The van der Waals surface area contributed by atoms with Crippen LogP contribution in [-0.4, -0.2) is 18.7 Å². The van der Waals surface area contributed by atoms with Gasteiger partial charge in [-0.1, -0.05) is 32.4 Å². The van der Waals surface area contributed by atoms with Gasteiger partial charge in [0.1, 0.15) is 10.9 Å². The number of aromatic nitrogens is 1. The van der Waals surface area contributed by atoms with Crippen molar-refractivity contribution in [3.63, 3.8) is 0 Å². The van der Waals surface area contributed by atoms with Gasteiger partial charge in [0.2, 0.25) is 0 Å². The maximum Gasteiger partial charge on any atom is 0.135 e. The summed E-state index contributed by atoms with van der Waals surface area (Å²) in [5, 5.41) is 1.53. The summed E-state index contributed by atoms with van der Waals surface area (Å²) in [7, 11) is 1.64. The molecule has 0 amide bonds. The Morgan fingerprint density at radius 3 is 2.62 bits per heavy atom. The first-order valence-corrected chi connectivity index (χ1v) is 7.48. The van der Waals surface area contributed by atoms with Crippen molar-refractivity contribution in [1.29, 1.82) is 0 Å². The first kappa shape index (κ1) is 16.1. The zero-order valence-corrected chi connectivity index (χ0v) is 13.8. The van der Waals surface area contributed by atoms with E-state index in [4.69, 9.17) is 21.1 Å². The van der Waals surface area contributed by atoms with E-state index in [0.717, 1.165) is 35.2 Å². The Kier molecular flexibility index (Phi) is 5.07. The minimum atomic E-state index is 0.280. The van der Waals surface area contributed by atoms with Gasteiger partial charge in [-0.2, -0.15) is 0 Å². The van der Waals surface area contributed by atoms with E-state index in [1.807, 2.05) is 24.3 Å². The fourth-order valence-corrected chi connectivity index (χ4v) is 2.16. The molecular weight excluding hydrogens is 286 g/mol. The van der Waals surface area contributed by atoms with Gasteiger partial charge < -0.3 is 9.47 Å². The van der Waals surface area contributed by atoms with Crippen molar-refractivity contribution < 1.29 is 9.47 Å². The predicted molar refractivity (Wildman–Crippen MR) is 87.0 cm³/mol. The van der Waals surface area contributed by atoms with Crippen molar-refractivity contribution in [2.45, 2.75) is 33.8 Å². The van der Waals surface area contributed by atoms with E-state index in [2.05, 4.69) is 25.8 Å². The highest BCUT2D eigenvalue weighted by Gasteiger charge is 2.10. The minimum Gasteiger partial charge on any atom is -0.497 e. The lowest BCUT2D eigenvalue weighted by Crippen LogP contribution is -2.09. The molecule has 0 saturated carbocycles. The maximum atomic E-state index is 6.24. The average Bonchev–Trinajstić information content (AvgIpc) is 2.42. The molecule has 0 fully saturated rings. The minimum absolute atomic E-state index is 0.280. The Labute approximate surface area is 131 Å². The number of methoxy groups -OCH3 is 1. The quantitative estimate of drug-likeness (QED) is 0.584. The molecule has 2 aromatic rings. The van der Waals surface area contributed by atoms with Gasteiger partial charge in [-0.05, 0) is 30.0 Å². The van der Waals surface area contributed by atoms with E-state index in [1.165, 1.54) is 0 Å². The Morgan fingerprint density at radius 2 is 1.95 bits per heavy atom. The number of ether oxygens (including phenoxy) is 2. The standard InChI is InChI=1S/C17H22ClNO2/c1-17(2,3)7-8-21-11-13-9-12-5-6-14(20-4)10-15(12)19-16(13)18/h5-6,9-10H,7-8,11H2,1-4H3. The van der Waals surface area contributed by atoms with Crippen molar-refractivity contribution in [2.75, 3.05) is 13.7 Å². The Hall–Kier alpha value is -1.32. The fraction of sp³-hybridized carbons (Fsp3) is 0.471. The van der Waals surface area contributed by atoms with Crippen LogP contribution in [0.1, 0.15) is 32.8 Å². The van der Waals surface area contributed by atoms with Crippen LogP contribution in [0.2, 0.25) is 5.15 Å². The van der Waals surface area contributed by atoms with Gasteiger partial charge in [-0.25, -0.2) is 4.98 Å². The van der Waals surface area contributed by atoms with Crippen LogP contribution in [0.25, 0.3) is 10.9 Å². The Bertz CT molecular complexity index is 620. The van der Waals surface area contributed by atoms with Gasteiger partial charge in [-0.3, -0.25) is 0 Å². The predicted octanol–water partition coefficient (Wildman–Crippen LogP) is 4.85. The second-order valence-electron chi connectivity index (χ2n) is 6.36. The van der Waals surface area contributed by atoms with E-state index in [1.54, 1.807) is 7.11 Å². The molecule has 0 N–H and O–H groups in total. The molecular formula is C17H22ClNO2. The summed E-state index contributed by atoms with van der Waals surface area (Å²) in [6.07, 6.45) is 1.02. The van der Waals surface area contributed by atoms with Gasteiger partial charge in [0, 0.05) is 23.6 Å². The zero-order chi connectivity index (χ0) is 15.5. The van der Waals surface area contributed by atoms with E-state index in [9.17, 15) is 0 Å². The monoisotopic (exact) mass is 307 g/mol. The lowest BCUT2D eigenvalue weighted by Gasteiger charge is -2.17. The lowest BCUT2D eigenvalue weighted by atomic mass is 9.93. The summed E-state index contributed by atoms with van der Waals surface area (Å²) < 4.78 is 10.9. The fourth-order valence-electron chi connectivity index (χ4n) is 1.96. The third kappa shape index (κ3) is 4.58. The van der Waals surface area contributed by atoms with Crippen LogP contribution >= 0.6 is 11.6 Å². The van der Waals surface area contributed by atoms with Gasteiger partial charge in [-0.15, -0.1) is 0 Å². The summed E-state index contributed by atoms with van der Waals surface area (Å²) in [5.74, 6) is 0.778. The molecule has 0 unspecified atom stereocenters. The van der Waals surface area contributed by atoms with E-state index in [0.29, 0.717) is 11.8 Å². The molecule has 1 aromatic carbocycles. The molecule has 4 heteroatoms. The normalized spacial score (nSPS) is 11.9. The van der Waals surface area contributed by atoms with Crippen molar-refractivity contribution >= 4 is 22.5 Å². The summed E-state index contributed by atoms with van der Waals surface area (Å²) in [6, 6.07) is 7.81. The molecule has 0 atom stereocenters. The van der Waals surface area contributed by atoms with Gasteiger partial charge >= 0.3 is 0 Å². The van der Waals surface area contributed by atoms with Gasteiger partial charge in [0.25, 0.3) is 0 Å².